The molecule has 150 valence electrons. The number of hydrogen-bond acceptors (Lipinski definition) is 4. The maximum Gasteiger partial charge on any atom is 0.231 e. The second-order valence-electron chi connectivity index (χ2n) is 7.51. The molecule has 0 spiro atoms. The lowest BCUT2D eigenvalue weighted by atomic mass is 10.1. The molecule has 1 atom stereocenters. The van der Waals surface area contributed by atoms with Crippen molar-refractivity contribution in [2.24, 2.45) is 0 Å². The molecule has 2 aromatic rings. The van der Waals surface area contributed by atoms with Crippen molar-refractivity contribution < 1.29 is 19.0 Å². The summed E-state index contributed by atoms with van der Waals surface area (Å²) in [6, 6.07) is 14.2. The molecule has 0 aromatic heterocycles. The van der Waals surface area contributed by atoms with Gasteiger partial charge in [0.2, 0.25) is 12.7 Å². The Morgan fingerprint density at radius 2 is 1.71 bits per heavy atom. The predicted octanol–water partition coefficient (Wildman–Crippen LogP) is 4.27. The van der Waals surface area contributed by atoms with Gasteiger partial charge in [-0.2, -0.15) is 0 Å². The van der Waals surface area contributed by atoms with E-state index in [4.69, 9.17) is 14.2 Å². The number of ether oxygens (including phenoxy) is 3. The van der Waals surface area contributed by atoms with E-state index in [1.165, 1.54) is 5.56 Å². The van der Waals surface area contributed by atoms with Crippen molar-refractivity contribution in [3.05, 3.63) is 53.6 Å². The molecule has 0 bridgehead atoms. The van der Waals surface area contributed by atoms with Crippen molar-refractivity contribution in [3.8, 4) is 17.2 Å². The Morgan fingerprint density at radius 1 is 1.00 bits per heavy atom. The number of carbonyl (C=O) groups is 1. The van der Waals surface area contributed by atoms with Gasteiger partial charge in [0.25, 0.3) is 0 Å². The highest BCUT2D eigenvalue weighted by atomic mass is 16.7. The Morgan fingerprint density at radius 3 is 2.46 bits per heavy atom. The van der Waals surface area contributed by atoms with E-state index in [0.717, 1.165) is 35.7 Å². The highest BCUT2D eigenvalue weighted by Crippen LogP contribution is 2.32. The zero-order valence-electron chi connectivity index (χ0n) is 16.9. The molecule has 3 rings (SSSR count). The van der Waals surface area contributed by atoms with Gasteiger partial charge in [0.05, 0.1) is 6.10 Å². The molecule has 5 nitrogen and oxygen atoms in total. The Balaban J connectivity index is 1.38. The number of fused-ring (bicyclic) bond motifs is 1. The molecule has 0 radical (unpaired) electrons. The molecular weight excluding hydrogens is 354 g/mol. The van der Waals surface area contributed by atoms with Crippen LogP contribution < -0.4 is 19.5 Å². The summed E-state index contributed by atoms with van der Waals surface area (Å²) in [7, 11) is 0. The topological polar surface area (TPSA) is 56.8 Å². The van der Waals surface area contributed by atoms with Gasteiger partial charge in [-0.05, 0) is 75.4 Å². The molecule has 1 aliphatic rings. The van der Waals surface area contributed by atoms with Gasteiger partial charge in [-0.25, -0.2) is 0 Å². The number of rotatable bonds is 9. The van der Waals surface area contributed by atoms with Gasteiger partial charge < -0.3 is 19.5 Å². The van der Waals surface area contributed by atoms with E-state index in [1.54, 1.807) is 0 Å². The van der Waals surface area contributed by atoms with E-state index in [0.29, 0.717) is 12.8 Å². The summed E-state index contributed by atoms with van der Waals surface area (Å²) in [6.45, 7) is 6.36. The van der Waals surface area contributed by atoms with E-state index < -0.39 is 0 Å². The molecule has 2 aromatic carbocycles. The van der Waals surface area contributed by atoms with Crippen molar-refractivity contribution in [1.82, 2.24) is 5.32 Å². The first-order valence-corrected chi connectivity index (χ1v) is 9.93. The molecular formula is C23H29NO4. The third-order valence-corrected chi connectivity index (χ3v) is 4.65. The standard InChI is InChI=1S/C23H29NO4/c1-16(2)28-20-10-6-18(7-11-20)5-4-17(3)24-23(25)13-9-19-8-12-21-22(14-19)27-15-26-21/h6-8,10-12,14,16-17H,4-5,9,13,15H2,1-3H3,(H,24,25). The Hall–Kier alpha value is -2.69. The quantitative estimate of drug-likeness (QED) is 0.702. The van der Waals surface area contributed by atoms with Gasteiger partial charge in [0, 0.05) is 12.5 Å². The van der Waals surface area contributed by atoms with Crippen LogP contribution >= 0.6 is 0 Å². The lowest BCUT2D eigenvalue weighted by Gasteiger charge is -2.14. The first-order chi connectivity index (χ1) is 13.5. The molecule has 28 heavy (non-hydrogen) atoms. The minimum absolute atomic E-state index is 0.0749. The lowest BCUT2D eigenvalue weighted by Crippen LogP contribution is -2.33. The Kier molecular flexibility index (Phi) is 6.80. The Bertz CT molecular complexity index is 786. The summed E-state index contributed by atoms with van der Waals surface area (Å²) in [5.41, 5.74) is 2.33. The van der Waals surface area contributed by atoms with Gasteiger partial charge >= 0.3 is 0 Å². The largest absolute Gasteiger partial charge is 0.491 e. The summed E-state index contributed by atoms with van der Waals surface area (Å²) in [5, 5.41) is 3.09. The minimum Gasteiger partial charge on any atom is -0.491 e. The van der Waals surface area contributed by atoms with E-state index in [1.807, 2.05) is 44.2 Å². The summed E-state index contributed by atoms with van der Waals surface area (Å²) >= 11 is 0. The van der Waals surface area contributed by atoms with Crippen molar-refractivity contribution in [1.29, 1.82) is 0 Å². The smallest absolute Gasteiger partial charge is 0.231 e. The van der Waals surface area contributed by atoms with Crippen LogP contribution in [0.2, 0.25) is 0 Å². The van der Waals surface area contributed by atoms with Gasteiger partial charge in [0.15, 0.2) is 11.5 Å². The van der Waals surface area contributed by atoms with Crippen molar-refractivity contribution >= 4 is 5.91 Å². The third kappa shape index (κ3) is 5.91. The number of carbonyl (C=O) groups excluding carboxylic acids is 1. The molecule has 1 amide bonds. The highest BCUT2D eigenvalue weighted by Gasteiger charge is 2.14. The maximum atomic E-state index is 12.2. The van der Waals surface area contributed by atoms with E-state index in [-0.39, 0.29) is 24.8 Å². The maximum absolute atomic E-state index is 12.2. The SMILES string of the molecule is CC(CCc1ccc(OC(C)C)cc1)NC(=O)CCc1ccc2c(c1)OCO2. The fourth-order valence-electron chi connectivity index (χ4n) is 3.16. The van der Waals surface area contributed by atoms with E-state index in [2.05, 4.69) is 24.4 Å². The van der Waals surface area contributed by atoms with Crippen LogP contribution in [-0.2, 0) is 17.6 Å². The monoisotopic (exact) mass is 383 g/mol. The average Bonchev–Trinajstić information content (AvgIpc) is 3.13. The highest BCUT2D eigenvalue weighted by molar-refractivity contribution is 5.76. The second kappa shape index (κ2) is 9.49. The van der Waals surface area contributed by atoms with Crippen LogP contribution in [0.25, 0.3) is 0 Å². The molecule has 0 fully saturated rings. The first-order valence-electron chi connectivity index (χ1n) is 9.93. The number of nitrogens with one attached hydrogen (secondary N) is 1. The van der Waals surface area contributed by atoms with Gasteiger partial charge in [-0.1, -0.05) is 18.2 Å². The van der Waals surface area contributed by atoms with Crippen LogP contribution in [0.4, 0.5) is 0 Å². The number of amides is 1. The summed E-state index contributed by atoms with van der Waals surface area (Å²) in [5.74, 6) is 2.50. The van der Waals surface area contributed by atoms with E-state index in [9.17, 15) is 4.79 Å². The molecule has 0 saturated carbocycles. The number of benzene rings is 2. The van der Waals surface area contributed by atoms with Crippen molar-refractivity contribution in [2.75, 3.05) is 6.79 Å². The zero-order chi connectivity index (χ0) is 19.9. The first kappa shape index (κ1) is 20.1. The van der Waals surface area contributed by atoms with Gasteiger partial charge in [-0.3, -0.25) is 4.79 Å². The number of hydrogen-bond donors (Lipinski definition) is 1. The van der Waals surface area contributed by atoms with Crippen LogP contribution in [0.1, 0.15) is 44.7 Å². The second-order valence-corrected chi connectivity index (χ2v) is 7.51. The van der Waals surface area contributed by atoms with Crippen LogP contribution in [0.15, 0.2) is 42.5 Å². The van der Waals surface area contributed by atoms with Crippen LogP contribution in [0.5, 0.6) is 17.2 Å². The summed E-state index contributed by atoms with van der Waals surface area (Å²) in [4.78, 5) is 12.2. The molecule has 1 heterocycles. The average molecular weight is 383 g/mol. The molecule has 5 heteroatoms. The van der Waals surface area contributed by atoms with E-state index >= 15 is 0 Å². The van der Waals surface area contributed by atoms with Gasteiger partial charge in [0.1, 0.15) is 5.75 Å². The van der Waals surface area contributed by atoms with Crippen LogP contribution in [-0.4, -0.2) is 24.8 Å². The predicted molar refractivity (Wildman–Crippen MR) is 109 cm³/mol. The van der Waals surface area contributed by atoms with Crippen LogP contribution in [0, 0.1) is 0 Å². The fourth-order valence-corrected chi connectivity index (χ4v) is 3.16. The molecule has 0 saturated heterocycles. The van der Waals surface area contributed by atoms with Gasteiger partial charge in [-0.15, -0.1) is 0 Å². The normalized spacial score (nSPS) is 13.4. The molecule has 1 unspecified atom stereocenters. The zero-order valence-corrected chi connectivity index (χ0v) is 16.9. The summed E-state index contributed by atoms with van der Waals surface area (Å²) < 4.78 is 16.4. The lowest BCUT2D eigenvalue weighted by molar-refractivity contribution is -0.121. The fraction of sp³-hybridized carbons (Fsp3) is 0.435. The minimum atomic E-state index is 0.0749. The summed E-state index contributed by atoms with van der Waals surface area (Å²) in [6.07, 6.45) is 3.16. The molecule has 0 aliphatic carbocycles. The Labute approximate surface area is 167 Å². The molecule has 1 N–H and O–H groups in total. The molecule has 1 aliphatic heterocycles. The third-order valence-electron chi connectivity index (χ3n) is 4.65. The van der Waals surface area contributed by atoms with Crippen molar-refractivity contribution in [3.63, 3.8) is 0 Å². The van der Waals surface area contributed by atoms with Crippen molar-refractivity contribution in [2.45, 2.75) is 58.6 Å². The number of aryl methyl sites for hydroxylation is 2. The van der Waals surface area contributed by atoms with Crippen LogP contribution in [0.3, 0.4) is 0 Å².